The number of nitrogens with zero attached hydrogens (tertiary/aromatic N) is 1. The number of anilines is 2. The number of allylic oxidation sites excluding steroid dienone is 1. The number of hydrogen-bond acceptors (Lipinski definition) is 4. The molecule has 2 heterocycles. The number of hydrogen-bond donors (Lipinski definition) is 1. The Morgan fingerprint density at radius 2 is 1.86 bits per heavy atom. The van der Waals surface area contributed by atoms with Crippen molar-refractivity contribution in [2.75, 3.05) is 10.2 Å². The predicted octanol–water partition coefficient (Wildman–Crippen LogP) is 6.11. The minimum Gasteiger partial charge on any atom is -0.467 e. The largest absolute Gasteiger partial charge is 0.467 e. The first-order valence-corrected chi connectivity index (χ1v) is 10.3. The zero-order chi connectivity index (χ0) is 19.8. The first-order chi connectivity index (χ1) is 14.2. The van der Waals surface area contributed by atoms with E-state index in [1.165, 1.54) is 0 Å². The van der Waals surface area contributed by atoms with E-state index in [1.54, 1.807) is 6.26 Å². The van der Waals surface area contributed by atoms with E-state index in [-0.39, 0.29) is 11.8 Å². The molecule has 1 aromatic heterocycles. The van der Waals surface area contributed by atoms with E-state index in [1.807, 2.05) is 48.5 Å². The monoisotopic (exact) mass is 404 g/mol. The van der Waals surface area contributed by atoms with Gasteiger partial charge in [-0.3, -0.25) is 4.79 Å². The van der Waals surface area contributed by atoms with Gasteiger partial charge in [0.2, 0.25) is 0 Å². The number of benzene rings is 2. The Balaban J connectivity index is 1.70. The molecule has 146 valence electrons. The molecule has 3 aromatic rings. The third-order valence-electron chi connectivity index (χ3n) is 5.62. The van der Waals surface area contributed by atoms with E-state index < -0.39 is 0 Å². The van der Waals surface area contributed by atoms with E-state index in [9.17, 15) is 4.79 Å². The van der Waals surface area contributed by atoms with Crippen LogP contribution < -0.4 is 10.2 Å². The standard InChI is InChI=1S/C24H21ClN2O2/c25-17-12-10-16(11-13-17)15-27-20-7-2-1-5-18(20)26-19-6-3-8-21(28)23(19)24(27)22-9-4-14-29-22/h1-2,4-5,7,9-14,24,26H,3,6,8,15H2/t24-/m1/s1. The van der Waals surface area contributed by atoms with Crippen LogP contribution in [0.5, 0.6) is 0 Å². The molecule has 0 unspecified atom stereocenters. The quantitative estimate of drug-likeness (QED) is 0.571. The number of para-hydroxylation sites is 2. The zero-order valence-electron chi connectivity index (χ0n) is 15.9. The van der Waals surface area contributed by atoms with Gasteiger partial charge >= 0.3 is 0 Å². The molecule has 0 bridgehead atoms. The summed E-state index contributed by atoms with van der Waals surface area (Å²) in [6, 6.07) is 19.6. The van der Waals surface area contributed by atoms with Crippen LogP contribution in [0.2, 0.25) is 5.02 Å². The van der Waals surface area contributed by atoms with Gasteiger partial charge in [0.1, 0.15) is 11.8 Å². The maximum absolute atomic E-state index is 13.1. The number of Topliss-reactive ketones (excluding diaryl/α,β-unsaturated/α-hetero) is 1. The molecule has 5 heteroatoms. The lowest BCUT2D eigenvalue weighted by molar-refractivity contribution is -0.116. The van der Waals surface area contributed by atoms with Crippen LogP contribution in [0, 0.1) is 0 Å². The average molecular weight is 405 g/mol. The molecule has 29 heavy (non-hydrogen) atoms. The summed E-state index contributed by atoms with van der Waals surface area (Å²) in [7, 11) is 0. The van der Waals surface area contributed by atoms with Crippen molar-refractivity contribution in [2.45, 2.75) is 31.8 Å². The van der Waals surface area contributed by atoms with Crippen LogP contribution in [0.1, 0.15) is 36.6 Å². The first kappa shape index (κ1) is 18.1. The maximum atomic E-state index is 13.1. The van der Waals surface area contributed by atoms with E-state index in [4.69, 9.17) is 16.0 Å². The molecule has 0 saturated carbocycles. The van der Waals surface area contributed by atoms with Crippen LogP contribution in [0.3, 0.4) is 0 Å². The van der Waals surface area contributed by atoms with Gasteiger partial charge in [-0.25, -0.2) is 0 Å². The lowest BCUT2D eigenvalue weighted by Gasteiger charge is -2.34. The fraction of sp³-hybridized carbons (Fsp3) is 0.208. The topological polar surface area (TPSA) is 45.5 Å². The predicted molar refractivity (Wildman–Crippen MR) is 115 cm³/mol. The summed E-state index contributed by atoms with van der Waals surface area (Å²) < 4.78 is 5.85. The normalized spacial score (nSPS) is 18.7. The zero-order valence-corrected chi connectivity index (χ0v) is 16.7. The minimum absolute atomic E-state index is 0.189. The lowest BCUT2D eigenvalue weighted by Crippen LogP contribution is -2.32. The Labute approximate surface area is 174 Å². The van der Waals surface area contributed by atoms with Gasteiger partial charge in [0, 0.05) is 29.3 Å². The molecule has 1 atom stereocenters. The van der Waals surface area contributed by atoms with E-state index >= 15 is 0 Å². The molecule has 0 amide bonds. The van der Waals surface area contributed by atoms with Crippen LogP contribution in [0.25, 0.3) is 0 Å². The number of ketones is 1. The maximum Gasteiger partial charge on any atom is 0.163 e. The van der Waals surface area contributed by atoms with Crippen molar-refractivity contribution in [1.29, 1.82) is 0 Å². The molecular weight excluding hydrogens is 384 g/mol. The Morgan fingerprint density at radius 3 is 2.66 bits per heavy atom. The number of carbonyl (C=O) groups excluding carboxylic acids is 1. The second-order valence-electron chi connectivity index (χ2n) is 7.48. The Kier molecular flexibility index (Phi) is 4.64. The number of halogens is 1. The molecule has 0 fully saturated rings. The molecule has 1 aliphatic carbocycles. The van der Waals surface area contributed by atoms with Crippen molar-refractivity contribution in [1.82, 2.24) is 0 Å². The second kappa shape index (κ2) is 7.45. The highest BCUT2D eigenvalue weighted by molar-refractivity contribution is 6.30. The summed E-state index contributed by atoms with van der Waals surface area (Å²) in [5, 5.41) is 4.27. The summed E-state index contributed by atoms with van der Waals surface area (Å²) >= 11 is 6.09. The minimum atomic E-state index is -0.278. The number of furan rings is 1. The van der Waals surface area contributed by atoms with Crippen LogP contribution >= 0.6 is 11.6 Å². The number of carbonyl (C=O) groups is 1. The van der Waals surface area contributed by atoms with Crippen LogP contribution in [-0.2, 0) is 11.3 Å². The molecule has 1 N–H and O–H groups in total. The summed E-state index contributed by atoms with van der Waals surface area (Å²) in [5.74, 6) is 0.967. The van der Waals surface area contributed by atoms with Gasteiger partial charge in [0.05, 0.1) is 17.6 Å². The molecule has 0 saturated heterocycles. The lowest BCUT2D eigenvalue weighted by atomic mass is 9.88. The van der Waals surface area contributed by atoms with Gasteiger partial charge in [-0.1, -0.05) is 35.9 Å². The third-order valence-corrected chi connectivity index (χ3v) is 5.87. The summed E-state index contributed by atoms with van der Waals surface area (Å²) in [5.41, 5.74) is 5.00. The summed E-state index contributed by atoms with van der Waals surface area (Å²) in [4.78, 5) is 15.4. The van der Waals surface area contributed by atoms with Crippen LogP contribution in [-0.4, -0.2) is 5.78 Å². The molecule has 0 spiro atoms. The van der Waals surface area contributed by atoms with Crippen molar-refractivity contribution < 1.29 is 9.21 Å². The van der Waals surface area contributed by atoms with E-state index in [0.29, 0.717) is 18.0 Å². The van der Waals surface area contributed by atoms with Gasteiger partial charge in [-0.05, 0) is 54.8 Å². The van der Waals surface area contributed by atoms with Crippen molar-refractivity contribution in [3.63, 3.8) is 0 Å². The van der Waals surface area contributed by atoms with Gasteiger partial charge < -0.3 is 14.6 Å². The smallest absolute Gasteiger partial charge is 0.163 e. The van der Waals surface area contributed by atoms with Crippen molar-refractivity contribution >= 4 is 28.8 Å². The van der Waals surface area contributed by atoms with Gasteiger partial charge in [-0.2, -0.15) is 0 Å². The Bertz CT molecular complexity index is 1070. The molecule has 4 nitrogen and oxygen atoms in total. The highest BCUT2D eigenvalue weighted by Crippen LogP contribution is 2.45. The summed E-state index contributed by atoms with van der Waals surface area (Å²) in [6.07, 6.45) is 3.98. The average Bonchev–Trinajstić information content (AvgIpc) is 3.21. The van der Waals surface area contributed by atoms with Crippen LogP contribution in [0.4, 0.5) is 11.4 Å². The SMILES string of the molecule is O=C1CCCC2=C1[C@@H](c1ccco1)N(Cc1ccc(Cl)cc1)c1ccccc1N2. The fourth-order valence-corrected chi connectivity index (χ4v) is 4.43. The Morgan fingerprint density at radius 1 is 1.03 bits per heavy atom. The van der Waals surface area contributed by atoms with Crippen LogP contribution in [0.15, 0.2) is 82.6 Å². The van der Waals surface area contributed by atoms with Gasteiger partial charge in [0.25, 0.3) is 0 Å². The molecule has 2 aromatic carbocycles. The highest BCUT2D eigenvalue weighted by Gasteiger charge is 2.38. The Hall–Kier alpha value is -2.98. The van der Waals surface area contributed by atoms with E-state index in [0.717, 1.165) is 46.8 Å². The van der Waals surface area contributed by atoms with Crippen molar-refractivity contribution in [3.05, 3.63) is 94.5 Å². The second-order valence-corrected chi connectivity index (χ2v) is 7.92. The van der Waals surface area contributed by atoms with Crippen molar-refractivity contribution in [2.24, 2.45) is 0 Å². The molecule has 1 aliphatic heterocycles. The highest BCUT2D eigenvalue weighted by atomic mass is 35.5. The molecule has 0 radical (unpaired) electrons. The number of fused-ring (bicyclic) bond motifs is 1. The van der Waals surface area contributed by atoms with E-state index in [2.05, 4.69) is 22.3 Å². The molecule has 5 rings (SSSR count). The molecular formula is C24H21ClN2O2. The number of nitrogens with one attached hydrogen (secondary N) is 1. The fourth-order valence-electron chi connectivity index (χ4n) is 4.30. The third kappa shape index (κ3) is 3.34. The first-order valence-electron chi connectivity index (χ1n) is 9.87. The van der Waals surface area contributed by atoms with Gasteiger partial charge in [0.15, 0.2) is 5.78 Å². The molecule has 2 aliphatic rings. The number of rotatable bonds is 3. The van der Waals surface area contributed by atoms with Gasteiger partial charge in [-0.15, -0.1) is 0 Å². The summed E-state index contributed by atoms with van der Waals surface area (Å²) in [6.45, 7) is 0.630. The van der Waals surface area contributed by atoms with Crippen molar-refractivity contribution in [3.8, 4) is 0 Å².